The summed E-state index contributed by atoms with van der Waals surface area (Å²) < 4.78 is 0. The lowest BCUT2D eigenvalue weighted by atomic mass is 10.1. The van der Waals surface area contributed by atoms with Crippen molar-refractivity contribution in [2.24, 2.45) is 10.9 Å². The van der Waals surface area contributed by atoms with Crippen molar-refractivity contribution in [3.8, 4) is 0 Å². The molecule has 0 spiro atoms. The van der Waals surface area contributed by atoms with Crippen LogP contribution in [0.2, 0.25) is 0 Å². The fraction of sp³-hybridized carbons (Fsp3) is 0.625. The van der Waals surface area contributed by atoms with Gasteiger partial charge in [-0.05, 0) is 37.3 Å². The summed E-state index contributed by atoms with van der Waals surface area (Å²) in [5.74, 6) is 0.922. The lowest BCUT2D eigenvalue weighted by Gasteiger charge is -1.90. The standard InChI is InChI=1S/C8H11N/c1-6-4-8(5-9-6)7-2-3-7/h4,7H,2-3,5H2,1H3. The van der Waals surface area contributed by atoms with Crippen molar-refractivity contribution in [1.29, 1.82) is 0 Å². The molecule has 1 saturated carbocycles. The Hall–Kier alpha value is -0.590. The molecule has 0 radical (unpaired) electrons. The van der Waals surface area contributed by atoms with Gasteiger partial charge in [-0.25, -0.2) is 0 Å². The van der Waals surface area contributed by atoms with E-state index >= 15 is 0 Å². The third-order valence-electron chi connectivity index (χ3n) is 2.01. The molecule has 0 amide bonds. The van der Waals surface area contributed by atoms with Gasteiger partial charge in [0.25, 0.3) is 0 Å². The number of hydrogen-bond acceptors (Lipinski definition) is 1. The van der Waals surface area contributed by atoms with E-state index < -0.39 is 0 Å². The number of aliphatic imine (C=N–C) groups is 1. The number of hydrogen-bond donors (Lipinski definition) is 0. The molecule has 2 aliphatic rings. The highest BCUT2D eigenvalue weighted by molar-refractivity contribution is 5.95. The van der Waals surface area contributed by atoms with Crippen LogP contribution in [-0.4, -0.2) is 12.3 Å². The van der Waals surface area contributed by atoms with Gasteiger partial charge < -0.3 is 0 Å². The summed E-state index contributed by atoms with van der Waals surface area (Å²) in [4.78, 5) is 4.30. The summed E-state index contributed by atoms with van der Waals surface area (Å²) >= 11 is 0. The van der Waals surface area contributed by atoms with Crippen LogP contribution in [0.15, 0.2) is 16.6 Å². The Kier molecular flexibility index (Phi) is 0.981. The highest BCUT2D eigenvalue weighted by Gasteiger charge is 2.26. The average Bonchev–Trinajstić information content (AvgIpc) is 2.58. The van der Waals surface area contributed by atoms with Gasteiger partial charge in [-0.3, -0.25) is 4.99 Å². The normalized spacial score (nSPS) is 25.9. The first-order chi connectivity index (χ1) is 4.36. The van der Waals surface area contributed by atoms with E-state index in [0.717, 1.165) is 12.5 Å². The Bertz CT molecular complexity index is 185. The van der Waals surface area contributed by atoms with E-state index in [9.17, 15) is 0 Å². The van der Waals surface area contributed by atoms with Crippen LogP contribution < -0.4 is 0 Å². The molecule has 1 nitrogen and oxygen atoms in total. The lowest BCUT2D eigenvalue weighted by molar-refractivity contribution is 0.959. The molecule has 0 saturated heterocycles. The second kappa shape index (κ2) is 1.69. The predicted molar refractivity (Wildman–Crippen MR) is 38.8 cm³/mol. The molecule has 0 aromatic carbocycles. The minimum absolute atomic E-state index is 0.922. The van der Waals surface area contributed by atoms with E-state index in [2.05, 4.69) is 18.0 Å². The van der Waals surface area contributed by atoms with Crippen LogP contribution in [0.4, 0.5) is 0 Å². The van der Waals surface area contributed by atoms with Crippen LogP contribution in [0, 0.1) is 5.92 Å². The second-order valence-corrected chi connectivity index (χ2v) is 2.95. The molecule has 0 unspecified atom stereocenters. The van der Waals surface area contributed by atoms with Gasteiger partial charge in [-0.15, -0.1) is 0 Å². The molecule has 0 bridgehead atoms. The highest BCUT2D eigenvalue weighted by atomic mass is 14.8. The SMILES string of the molecule is CC1=NCC(C2CC2)=C1. The lowest BCUT2D eigenvalue weighted by Crippen LogP contribution is -1.84. The molecule has 1 heteroatoms. The Morgan fingerprint density at radius 1 is 1.56 bits per heavy atom. The number of allylic oxidation sites excluding steroid dienone is 1. The van der Waals surface area contributed by atoms with Gasteiger partial charge in [0.1, 0.15) is 0 Å². The first-order valence-electron chi connectivity index (χ1n) is 3.58. The number of rotatable bonds is 1. The van der Waals surface area contributed by atoms with Gasteiger partial charge in [0, 0.05) is 5.71 Å². The predicted octanol–water partition coefficient (Wildman–Crippen LogP) is 1.80. The molecule has 1 heterocycles. The zero-order valence-corrected chi connectivity index (χ0v) is 5.72. The molecule has 0 aromatic heterocycles. The van der Waals surface area contributed by atoms with Crippen LogP contribution in [0.5, 0.6) is 0 Å². The van der Waals surface area contributed by atoms with Crippen LogP contribution in [-0.2, 0) is 0 Å². The third-order valence-corrected chi connectivity index (χ3v) is 2.01. The summed E-state index contributed by atoms with van der Waals surface area (Å²) in [6.07, 6.45) is 5.07. The summed E-state index contributed by atoms with van der Waals surface area (Å²) in [5.41, 5.74) is 2.80. The maximum absolute atomic E-state index is 4.30. The molecular weight excluding hydrogens is 110 g/mol. The topological polar surface area (TPSA) is 12.4 Å². The van der Waals surface area contributed by atoms with Crippen molar-refractivity contribution in [3.63, 3.8) is 0 Å². The van der Waals surface area contributed by atoms with E-state index in [0.29, 0.717) is 0 Å². The second-order valence-electron chi connectivity index (χ2n) is 2.95. The molecule has 0 aromatic rings. The molecule has 1 aliphatic carbocycles. The van der Waals surface area contributed by atoms with E-state index in [1.807, 2.05) is 0 Å². The van der Waals surface area contributed by atoms with Gasteiger partial charge in [0.15, 0.2) is 0 Å². The maximum atomic E-state index is 4.30. The van der Waals surface area contributed by atoms with Crippen LogP contribution in [0.3, 0.4) is 0 Å². The van der Waals surface area contributed by atoms with E-state index in [-0.39, 0.29) is 0 Å². The Morgan fingerprint density at radius 2 is 2.33 bits per heavy atom. The van der Waals surface area contributed by atoms with E-state index in [1.54, 1.807) is 5.57 Å². The maximum Gasteiger partial charge on any atom is 0.0609 e. The molecule has 1 fully saturated rings. The van der Waals surface area contributed by atoms with Gasteiger partial charge >= 0.3 is 0 Å². The Balaban J connectivity index is 2.09. The highest BCUT2D eigenvalue weighted by Crippen LogP contribution is 2.37. The molecule has 0 N–H and O–H groups in total. The molecule has 48 valence electrons. The van der Waals surface area contributed by atoms with Crippen molar-refractivity contribution >= 4 is 5.71 Å². The zero-order valence-electron chi connectivity index (χ0n) is 5.72. The minimum atomic E-state index is 0.922. The minimum Gasteiger partial charge on any atom is -0.286 e. The van der Waals surface area contributed by atoms with Crippen molar-refractivity contribution in [3.05, 3.63) is 11.6 Å². The van der Waals surface area contributed by atoms with Crippen molar-refractivity contribution in [2.75, 3.05) is 6.54 Å². The van der Waals surface area contributed by atoms with E-state index in [4.69, 9.17) is 0 Å². The fourth-order valence-electron chi connectivity index (χ4n) is 1.28. The smallest absolute Gasteiger partial charge is 0.0609 e. The summed E-state index contributed by atoms with van der Waals surface area (Å²) in [6.45, 7) is 3.08. The van der Waals surface area contributed by atoms with Crippen molar-refractivity contribution in [1.82, 2.24) is 0 Å². The van der Waals surface area contributed by atoms with Crippen LogP contribution in [0.1, 0.15) is 19.8 Å². The molecule has 1 aliphatic heterocycles. The monoisotopic (exact) mass is 121 g/mol. The Labute approximate surface area is 55.5 Å². The van der Waals surface area contributed by atoms with E-state index in [1.165, 1.54) is 18.6 Å². The fourth-order valence-corrected chi connectivity index (χ4v) is 1.28. The first-order valence-corrected chi connectivity index (χ1v) is 3.58. The van der Waals surface area contributed by atoms with Crippen molar-refractivity contribution < 1.29 is 0 Å². The largest absolute Gasteiger partial charge is 0.286 e. The quantitative estimate of drug-likeness (QED) is 0.501. The Morgan fingerprint density at radius 3 is 2.78 bits per heavy atom. The molecule has 0 atom stereocenters. The number of nitrogens with zero attached hydrogens (tertiary/aromatic N) is 1. The average molecular weight is 121 g/mol. The summed E-state index contributed by atoms with van der Waals surface area (Å²) in [5, 5.41) is 0. The molecule has 9 heavy (non-hydrogen) atoms. The zero-order chi connectivity index (χ0) is 6.27. The van der Waals surface area contributed by atoms with Crippen LogP contribution >= 0.6 is 0 Å². The summed E-state index contributed by atoms with van der Waals surface area (Å²) in [6, 6.07) is 0. The first kappa shape index (κ1) is 5.21. The van der Waals surface area contributed by atoms with Crippen LogP contribution in [0.25, 0.3) is 0 Å². The van der Waals surface area contributed by atoms with Crippen molar-refractivity contribution in [2.45, 2.75) is 19.8 Å². The molecular formula is C8H11N. The van der Waals surface area contributed by atoms with Gasteiger partial charge in [0.2, 0.25) is 0 Å². The van der Waals surface area contributed by atoms with Gasteiger partial charge in [-0.2, -0.15) is 0 Å². The van der Waals surface area contributed by atoms with Gasteiger partial charge in [0.05, 0.1) is 6.54 Å². The third kappa shape index (κ3) is 0.913. The summed E-state index contributed by atoms with van der Waals surface area (Å²) in [7, 11) is 0. The van der Waals surface area contributed by atoms with Gasteiger partial charge in [-0.1, -0.05) is 0 Å². The molecule has 2 rings (SSSR count).